The normalized spacial score (nSPS) is 14.8. The van der Waals surface area contributed by atoms with E-state index in [4.69, 9.17) is 9.47 Å². The van der Waals surface area contributed by atoms with Crippen LogP contribution in [0.2, 0.25) is 0 Å². The molecule has 8 nitrogen and oxygen atoms in total. The van der Waals surface area contributed by atoms with E-state index in [9.17, 15) is 19.5 Å². The molecule has 1 heterocycles. The molecule has 8 heteroatoms. The lowest BCUT2D eigenvalue weighted by atomic mass is 10.1. The van der Waals surface area contributed by atoms with E-state index in [-0.39, 0.29) is 22.8 Å². The SMILES string of the molecule is CCOc1cc(/C=C2\C(=O)NC(=O)N(c3ccc(OCc4ccccc4)cc3)C2=O)ccc1O. The average molecular weight is 458 g/mol. The number of hydrogen-bond acceptors (Lipinski definition) is 6. The van der Waals surface area contributed by atoms with E-state index < -0.39 is 17.8 Å². The standard InChI is InChI=1S/C26H22N2O6/c1-2-33-23-15-18(8-13-22(23)29)14-21-24(30)27-26(32)28(25(21)31)19-9-11-20(12-10-19)34-16-17-6-4-3-5-7-17/h3-15,29H,2,16H2,1H3,(H,27,30,32)/b21-14+. The number of benzene rings is 3. The molecule has 0 radical (unpaired) electrons. The fourth-order valence-electron chi connectivity index (χ4n) is 3.38. The Balaban J connectivity index is 1.55. The minimum absolute atomic E-state index is 0.0604. The second-order valence-electron chi connectivity index (χ2n) is 7.39. The third-order valence-corrected chi connectivity index (χ3v) is 5.04. The van der Waals surface area contributed by atoms with Crippen molar-refractivity contribution in [1.29, 1.82) is 0 Å². The topological polar surface area (TPSA) is 105 Å². The number of amides is 4. The number of carbonyl (C=O) groups excluding carboxylic acids is 3. The highest BCUT2D eigenvalue weighted by Crippen LogP contribution is 2.29. The molecule has 34 heavy (non-hydrogen) atoms. The molecule has 4 amide bonds. The first-order valence-corrected chi connectivity index (χ1v) is 10.6. The number of hydrogen-bond donors (Lipinski definition) is 2. The highest BCUT2D eigenvalue weighted by Gasteiger charge is 2.36. The Morgan fingerprint density at radius 1 is 0.941 bits per heavy atom. The fourth-order valence-corrected chi connectivity index (χ4v) is 3.38. The van der Waals surface area contributed by atoms with E-state index in [1.807, 2.05) is 30.3 Å². The molecular weight excluding hydrogens is 436 g/mol. The zero-order chi connectivity index (χ0) is 24.1. The number of rotatable bonds is 7. The van der Waals surface area contributed by atoms with Crippen LogP contribution in [0.25, 0.3) is 6.08 Å². The monoisotopic (exact) mass is 458 g/mol. The molecule has 4 rings (SSSR count). The van der Waals surface area contributed by atoms with Gasteiger partial charge in [-0.3, -0.25) is 14.9 Å². The Bertz CT molecular complexity index is 1250. The van der Waals surface area contributed by atoms with Crippen LogP contribution in [0.15, 0.2) is 78.4 Å². The molecular formula is C26H22N2O6. The molecule has 172 valence electrons. The molecule has 1 fully saturated rings. The van der Waals surface area contributed by atoms with E-state index >= 15 is 0 Å². The van der Waals surface area contributed by atoms with Gasteiger partial charge in [-0.1, -0.05) is 36.4 Å². The van der Waals surface area contributed by atoms with Crippen molar-refractivity contribution in [2.24, 2.45) is 0 Å². The van der Waals surface area contributed by atoms with Gasteiger partial charge in [-0.25, -0.2) is 9.69 Å². The van der Waals surface area contributed by atoms with Gasteiger partial charge < -0.3 is 14.6 Å². The first-order chi connectivity index (χ1) is 16.5. The summed E-state index contributed by atoms with van der Waals surface area (Å²) in [6, 6.07) is 19.7. The highest BCUT2D eigenvalue weighted by molar-refractivity contribution is 6.39. The first-order valence-electron chi connectivity index (χ1n) is 10.6. The Morgan fingerprint density at radius 2 is 1.68 bits per heavy atom. The fraction of sp³-hybridized carbons (Fsp3) is 0.115. The zero-order valence-corrected chi connectivity index (χ0v) is 18.4. The van der Waals surface area contributed by atoms with Crippen molar-refractivity contribution in [3.8, 4) is 17.2 Å². The van der Waals surface area contributed by atoms with Gasteiger partial charge in [-0.2, -0.15) is 0 Å². The number of nitrogens with one attached hydrogen (secondary N) is 1. The molecule has 2 N–H and O–H groups in total. The van der Waals surface area contributed by atoms with Crippen LogP contribution in [0.1, 0.15) is 18.1 Å². The van der Waals surface area contributed by atoms with Crippen LogP contribution in [0.3, 0.4) is 0 Å². The van der Waals surface area contributed by atoms with Gasteiger partial charge in [-0.05, 0) is 60.5 Å². The van der Waals surface area contributed by atoms with Gasteiger partial charge in [0.05, 0.1) is 12.3 Å². The van der Waals surface area contributed by atoms with Gasteiger partial charge >= 0.3 is 6.03 Å². The number of nitrogens with zero attached hydrogens (tertiary/aromatic N) is 1. The van der Waals surface area contributed by atoms with Gasteiger partial charge in [0, 0.05) is 0 Å². The third-order valence-electron chi connectivity index (χ3n) is 5.04. The number of ether oxygens (including phenoxy) is 2. The average Bonchev–Trinajstić information content (AvgIpc) is 2.84. The van der Waals surface area contributed by atoms with Crippen LogP contribution in [0.5, 0.6) is 17.2 Å². The lowest BCUT2D eigenvalue weighted by Crippen LogP contribution is -2.54. The summed E-state index contributed by atoms with van der Waals surface area (Å²) >= 11 is 0. The number of imide groups is 2. The van der Waals surface area contributed by atoms with E-state index in [2.05, 4.69) is 5.32 Å². The molecule has 0 atom stereocenters. The molecule has 1 saturated heterocycles. The molecule has 3 aromatic carbocycles. The maximum absolute atomic E-state index is 13.1. The second kappa shape index (κ2) is 9.91. The van der Waals surface area contributed by atoms with Crippen molar-refractivity contribution in [3.63, 3.8) is 0 Å². The van der Waals surface area contributed by atoms with Crippen molar-refractivity contribution in [2.75, 3.05) is 11.5 Å². The summed E-state index contributed by atoms with van der Waals surface area (Å²) in [4.78, 5) is 38.8. The number of urea groups is 1. The minimum Gasteiger partial charge on any atom is -0.504 e. The summed E-state index contributed by atoms with van der Waals surface area (Å²) < 4.78 is 11.1. The predicted octanol–water partition coefficient (Wildman–Crippen LogP) is 4.04. The number of phenolic OH excluding ortho intramolecular Hbond substituents is 1. The third kappa shape index (κ3) is 4.91. The molecule has 1 aliphatic heterocycles. The molecule has 0 bridgehead atoms. The molecule has 0 spiro atoms. The summed E-state index contributed by atoms with van der Waals surface area (Å²) in [5, 5.41) is 12.1. The number of barbiturate groups is 1. The number of carbonyl (C=O) groups is 3. The van der Waals surface area contributed by atoms with Crippen LogP contribution >= 0.6 is 0 Å². The molecule has 1 aliphatic rings. The smallest absolute Gasteiger partial charge is 0.335 e. The molecule has 0 saturated carbocycles. The van der Waals surface area contributed by atoms with E-state index in [1.165, 1.54) is 24.3 Å². The van der Waals surface area contributed by atoms with Crippen molar-refractivity contribution >= 4 is 29.6 Å². The summed E-state index contributed by atoms with van der Waals surface area (Å²) in [6.07, 6.45) is 1.34. The summed E-state index contributed by atoms with van der Waals surface area (Å²) in [7, 11) is 0. The number of phenols is 1. The van der Waals surface area contributed by atoms with Gasteiger partial charge in [0.2, 0.25) is 0 Å². The Labute approximate surface area is 196 Å². The quantitative estimate of drug-likeness (QED) is 0.409. The Kier molecular flexibility index (Phi) is 6.59. The van der Waals surface area contributed by atoms with E-state index in [0.717, 1.165) is 10.5 Å². The van der Waals surface area contributed by atoms with Crippen LogP contribution in [0.4, 0.5) is 10.5 Å². The lowest BCUT2D eigenvalue weighted by molar-refractivity contribution is -0.122. The maximum Gasteiger partial charge on any atom is 0.335 e. The maximum atomic E-state index is 13.1. The predicted molar refractivity (Wildman–Crippen MR) is 125 cm³/mol. The van der Waals surface area contributed by atoms with Crippen molar-refractivity contribution in [2.45, 2.75) is 13.5 Å². The highest BCUT2D eigenvalue weighted by atomic mass is 16.5. The van der Waals surface area contributed by atoms with E-state index in [1.54, 1.807) is 31.2 Å². The van der Waals surface area contributed by atoms with Gasteiger partial charge in [0.1, 0.15) is 17.9 Å². The summed E-state index contributed by atoms with van der Waals surface area (Å²) in [5.41, 5.74) is 1.52. The van der Waals surface area contributed by atoms with E-state index in [0.29, 0.717) is 24.5 Å². The van der Waals surface area contributed by atoms with Gasteiger partial charge in [-0.15, -0.1) is 0 Å². The molecule has 0 unspecified atom stereocenters. The minimum atomic E-state index is -0.842. The van der Waals surface area contributed by atoms with Gasteiger partial charge in [0.15, 0.2) is 11.5 Å². The van der Waals surface area contributed by atoms with Crippen molar-refractivity contribution in [3.05, 3.63) is 89.5 Å². The number of anilines is 1. The molecule has 0 aliphatic carbocycles. The zero-order valence-electron chi connectivity index (χ0n) is 18.4. The summed E-state index contributed by atoms with van der Waals surface area (Å²) in [5.74, 6) is -0.843. The van der Waals surface area contributed by atoms with Crippen LogP contribution in [-0.2, 0) is 16.2 Å². The van der Waals surface area contributed by atoms with Crippen molar-refractivity contribution < 1.29 is 29.0 Å². The lowest BCUT2D eigenvalue weighted by Gasteiger charge is -2.26. The molecule has 0 aromatic heterocycles. The second-order valence-corrected chi connectivity index (χ2v) is 7.39. The molecule has 3 aromatic rings. The Morgan fingerprint density at radius 3 is 2.38 bits per heavy atom. The van der Waals surface area contributed by atoms with Crippen LogP contribution in [0, 0.1) is 0 Å². The Hall–Kier alpha value is -4.59. The van der Waals surface area contributed by atoms with Crippen LogP contribution in [-0.4, -0.2) is 29.6 Å². The first kappa shape index (κ1) is 22.6. The van der Waals surface area contributed by atoms with Crippen LogP contribution < -0.4 is 19.7 Å². The summed E-state index contributed by atoms with van der Waals surface area (Å²) in [6.45, 7) is 2.48. The number of aromatic hydroxyl groups is 1. The largest absolute Gasteiger partial charge is 0.504 e. The van der Waals surface area contributed by atoms with Gasteiger partial charge in [0.25, 0.3) is 11.8 Å². The van der Waals surface area contributed by atoms with Crippen molar-refractivity contribution in [1.82, 2.24) is 5.32 Å².